The van der Waals surface area contributed by atoms with E-state index >= 15 is 0 Å². The molecule has 2 aliphatic rings. The van der Waals surface area contributed by atoms with Gasteiger partial charge < -0.3 is 10.6 Å². The molecular formula is C20H23N5O4S2. The highest BCUT2D eigenvalue weighted by Gasteiger charge is 2.32. The van der Waals surface area contributed by atoms with Gasteiger partial charge in [-0.1, -0.05) is 6.92 Å². The monoisotopic (exact) mass is 461 g/mol. The molecule has 9 nitrogen and oxygen atoms in total. The number of piperidine rings is 1. The van der Waals surface area contributed by atoms with Crippen LogP contribution >= 0.6 is 11.3 Å². The van der Waals surface area contributed by atoms with E-state index in [1.54, 1.807) is 0 Å². The third-order valence-electron chi connectivity index (χ3n) is 6.06. The Hall–Kier alpha value is -2.68. The van der Waals surface area contributed by atoms with Gasteiger partial charge in [0.25, 0.3) is 5.69 Å². The van der Waals surface area contributed by atoms with Crippen molar-refractivity contribution in [3.63, 3.8) is 0 Å². The van der Waals surface area contributed by atoms with E-state index in [4.69, 9.17) is 5.73 Å². The molecule has 0 radical (unpaired) electrons. The van der Waals surface area contributed by atoms with Crippen molar-refractivity contribution in [1.82, 2.24) is 4.31 Å². The molecule has 0 aliphatic carbocycles. The molecule has 0 atom stereocenters. The normalized spacial score (nSPS) is 17.9. The SMILES string of the molecule is CC1CCN(S(=O)(=O)c2ccc(N3CCc4c(sc(N)c4C#N)C3)c([N+](=O)[O-])c2)CC1. The molecule has 1 fully saturated rings. The number of anilines is 2. The van der Waals surface area contributed by atoms with Crippen LogP contribution in [-0.4, -0.2) is 37.3 Å². The molecule has 31 heavy (non-hydrogen) atoms. The Labute approximate surface area is 184 Å². The lowest BCUT2D eigenvalue weighted by Gasteiger charge is -2.30. The summed E-state index contributed by atoms with van der Waals surface area (Å²) in [4.78, 5) is 14.0. The number of hydrogen-bond acceptors (Lipinski definition) is 8. The number of rotatable bonds is 4. The number of hydrogen-bond donors (Lipinski definition) is 1. The number of benzene rings is 1. The van der Waals surface area contributed by atoms with E-state index in [1.807, 2.05) is 4.90 Å². The number of thiophene rings is 1. The van der Waals surface area contributed by atoms with Crippen molar-refractivity contribution in [3.05, 3.63) is 44.3 Å². The summed E-state index contributed by atoms with van der Waals surface area (Å²) in [5.74, 6) is 0.472. The van der Waals surface area contributed by atoms with E-state index < -0.39 is 14.9 Å². The molecule has 11 heteroatoms. The average molecular weight is 462 g/mol. The quantitative estimate of drug-likeness (QED) is 0.546. The van der Waals surface area contributed by atoms with Crippen LogP contribution in [0.4, 0.5) is 16.4 Å². The molecule has 0 saturated carbocycles. The summed E-state index contributed by atoms with van der Waals surface area (Å²) >= 11 is 1.32. The fourth-order valence-corrected chi connectivity index (χ4v) is 6.78. The molecular weight excluding hydrogens is 438 g/mol. The lowest BCUT2D eigenvalue weighted by Crippen LogP contribution is -2.38. The van der Waals surface area contributed by atoms with Crippen LogP contribution < -0.4 is 10.6 Å². The standard InChI is InChI=1S/C20H23N5O4S2/c1-13-4-8-24(9-5-13)31(28,29)14-2-3-17(18(10-14)25(26)27)23-7-6-15-16(11-21)20(22)30-19(15)12-23/h2-3,10,13H,4-9,12,22H2,1H3. The average Bonchev–Trinajstić information content (AvgIpc) is 3.07. The first kappa shape index (κ1) is 21.5. The molecule has 2 aromatic rings. The van der Waals surface area contributed by atoms with Gasteiger partial charge in [0.1, 0.15) is 16.8 Å². The van der Waals surface area contributed by atoms with E-state index in [-0.39, 0.29) is 10.6 Å². The summed E-state index contributed by atoms with van der Waals surface area (Å²) in [6.45, 7) is 3.82. The molecule has 2 N–H and O–H groups in total. The summed E-state index contributed by atoms with van der Waals surface area (Å²) in [6, 6.07) is 6.27. The van der Waals surface area contributed by atoms with Crippen molar-refractivity contribution < 1.29 is 13.3 Å². The van der Waals surface area contributed by atoms with Crippen LogP contribution in [0.5, 0.6) is 0 Å². The first-order valence-electron chi connectivity index (χ1n) is 10.1. The third-order valence-corrected chi connectivity index (χ3v) is 9.00. The molecule has 1 aromatic heterocycles. The molecule has 1 saturated heterocycles. The maximum atomic E-state index is 13.0. The molecule has 164 valence electrons. The van der Waals surface area contributed by atoms with Crippen molar-refractivity contribution in [1.29, 1.82) is 5.26 Å². The lowest BCUT2D eigenvalue weighted by atomic mass is 10.0. The molecule has 0 amide bonds. The molecule has 1 aromatic carbocycles. The molecule has 0 unspecified atom stereocenters. The Morgan fingerprint density at radius 3 is 2.65 bits per heavy atom. The minimum absolute atomic E-state index is 0.0534. The zero-order valence-corrected chi connectivity index (χ0v) is 18.7. The largest absolute Gasteiger partial charge is 0.389 e. The number of fused-ring (bicyclic) bond motifs is 1. The first-order valence-corrected chi connectivity index (χ1v) is 12.3. The summed E-state index contributed by atoms with van der Waals surface area (Å²) in [5.41, 5.74) is 7.47. The fourth-order valence-electron chi connectivity index (χ4n) is 4.20. The van der Waals surface area contributed by atoms with E-state index in [1.165, 1.54) is 33.8 Å². The number of sulfonamides is 1. The van der Waals surface area contributed by atoms with Crippen LogP contribution in [0.15, 0.2) is 23.1 Å². The second-order valence-electron chi connectivity index (χ2n) is 8.02. The van der Waals surface area contributed by atoms with Crippen LogP contribution in [0.3, 0.4) is 0 Å². The van der Waals surface area contributed by atoms with E-state index in [2.05, 4.69) is 13.0 Å². The highest BCUT2D eigenvalue weighted by molar-refractivity contribution is 7.89. The van der Waals surface area contributed by atoms with Gasteiger partial charge in [0.15, 0.2) is 0 Å². The van der Waals surface area contributed by atoms with Crippen molar-refractivity contribution in [2.45, 2.75) is 37.6 Å². The van der Waals surface area contributed by atoms with Gasteiger partial charge in [-0.3, -0.25) is 10.1 Å². The van der Waals surface area contributed by atoms with Crippen LogP contribution in [0, 0.1) is 27.4 Å². The van der Waals surface area contributed by atoms with Crippen molar-refractivity contribution >= 4 is 37.7 Å². The van der Waals surface area contributed by atoms with Gasteiger partial charge in [0.05, 0.1) is 21.9 Å². The maximum Gasteiger partial charge on any atom is 0.293 e. The summed E-state index contributed by atoms with van der Waals surface area (Å²) in [5, 5.41) is 21.6. The van der Waals surface area contributed by atoms with Crippen molar-refractivity contribution in [3.8, 4) is 6.07 Å². The number of nitro groups is 1. The number of nitrogens with two attached hydrogens (primary N) is 1. The van der Waals surface area contributed by atoms with Gasteiger partial charge in [-0.2, -0.15) is 9.57 Å². The Kier molecular flexibility index (Phi) is 5.63. The summed E-state index contributed by atoms with van der Waals surface area (Å²) < 4.78 is 27.5. The highest BCUT2D eigenvalue weighted by atomic mass is 32.2. The second kappa shape index (κ2) is 8.11. The molecule has 0 bridgehead atoms. The third kappa shape index (κ3) is 3.86. The minimum Gasteiger partial charge on any atom is -0.389 e. The fraction of sp³-hybridized carbons (Fsp3) is 0.450. The lowest BCUT2D eigenvalue weighted by molar-refractivity contribution is -0.384. The Morgan fingerprint density at radius 2 is 2.00 bits per heavy atom. The van der Waals surface area contributed by atoms with Crippen molar-refractivity contribution in [2.24, 2.45) is 5.92 Å². The zero-order chi connectivity index (χ0) is 22.3. The molecule has 3 heterocycles. The predicted octanol–water partition coefficient (Wildman–Crippen LogP) is 3.09. The minimum atomic E-state index is -3.78. The van der Waals surface area contributed by atoms with Crippen LogP contribution in [0.25, 0.3) is 0 Å². The van der Waals surface area contributed by atoms with Crippen molar-refractivity contribution in [2.75, 3.05) is 30.3 Å². The number of nitrogen functional groups attached to an aromatic ring is 1. The van der Waals surface area contributed by atoms with Crippen LogP contribution in [0.1, 0.15) is 35.8 Å². The Balaban J connectivity index is 1.66. The van der Waals surface area contributed by atoms with Crippen LogP contribution in [-0.2, 0) is 23.0 Å². The van der Waals surface area contributed by atoms with Gasteiger partial charge in [-0.05, 0) is 42.9 Å². The van der Waals surface area contributed by atoms with Gasteiger partial charge in [-0.15, -0.1) is 11.3 Å². The summed E-state index contributed by atoms with van der Waals surface area (Å²) in [6.07, 6.45) is 2.11. The van der Waals surface area contributed by atoms with Gasteiger partial charge in [-0.25, -0.2) is 8.42 Å². The smallest absolute Gasteiger partial charge is 0.293 e. The van der Waals surface area contributed by atoms with E-state index in [9.17, 15) is 23.8 Å². The maximum absolute atomic E-state index is 13.0. The Bertz CT molecular complexity index is 1180. The number of nitriles is 1. The number of nitro benzene ring substituents is 1. The molecule has 2 aliphatic heterocycles. The van der Waals surface area contributed by atoms with Gasteiger partial charge >= 0.3 is 0 Å². The van der Waals surface area contributed by atoms with Gasteiger partial charge in [0, 0.05) is 30.6 Å². The Morgan fingerprint density at radius 1 is 1.29 bits per heavy atom. The predicted molar refractivity (Wildman–Crippen MR) is 118 cm³/mol. The van der Waals surface area contributed by atoms with Crippen LogP contribution in [0.2, 0.25) is 0 Å². The molecule has 4 rings (SSSR count). The molecule has 0 spiro atoms. The van der Waals surface area contributed by atoms with E-state index in [0.717, 1.165) is 23.3 Å². The second-order valence-corrected chi connectivity index (χ2v) is 11.1. The highest BCUT2D eigenvalue weighted by Crippen LogP contribution is 2.39. The zero-order valence-electron chi connectivity index (χ0n) is 17.1. The number of nitrogens with zero attached hydrogens (tertiary/aromatic N) is 4. The van der Waals surface area contributed by atoms with E-state index in [0.29, 0.717) is 54.8 Å². The first-order chi connectivity index (χ1) is 14.7. The van der Waals surface area contributed by atoms with Gasteiger partial charge in [0.2, 0.25) is 10.0 Å². The topological polar surface area (TPSA) is 134 Å². The summed E-state index contributed by atoms with van der Waals surface area (Å²) in [7, 11) is -3.78.